The van der Waals surface area contributed by atoms with Gasteiger partial charge in [0.15, 0.2) is 0 Å². The molecule has 8 aromatic carbocycles. The van der Waals surface area contributed by atoms with Gasteiger partial charge < -0.3 is 9.80 Å². The van der Waals surface area contributed by atoms with Crippen LogP contribution in [0.5, 0.6) is 0 Å². The number of nitrogens with zero attached hydrogens (tertiary/aromatic N) is 3. The lowest BCUT2D eigenvalue weighted by atomic mass is 9.34. The van der Waals surface area contributed by atoms with E-state index in [1.807, 2.05) is 11.9 Å². The molecule has 0 N–H and O–H groups in total. The molecule has 0 fully saturated rings. The molecule has 0 atom stereocenters. The molecule has 0 saturated heterocycles. The Kier molecular flexibility index (Phi) is 9.93. The van der Waals surface area contributed by atoms with Gasteiger partial charge in [-0.1, -0.05) is 121 Å². The quantitative estimate of drug-likeness (QED) is 0.117. The monoisotopic (exact) mass is 829 g/mol. The minimum absolute atomic E-state index is 0.0451. The van der Waals surface area contributed by atoms with Crippen molar-refractivity contribution in [1.29, 1.82) is 0 Å². The van der Waals surface area contributed by atoms with Crippen LogP contribution in [0.15, 0.2) is 199 Å². The molecular formula is C58H48BN3S. The van der Waals surface area contributed by atoms with Crippen LogP contribution in [-0.4, -0.2) is 6.71 Å². The number of fused-ring (bicyclic) bond motifs is 4. The van der Waals surface area contributed by atoms with Crippen LogP contribution < -0.4 is 30.5 Å². The van der Waals surface area contributed by atoms with Crippen LogP contribution in [0.25, 0.3) is 16.7 Å². The van der Waals surface area contributed by atoms with Crippen LogP contribution >= 0.6 is 11.9 Å². The van der Waals surface area contributed by atoms with E-state index < -0.39 is 0 Å². The van der Waals surface area contributed by atoms with Gasteiger partial charge in [-0.05, 0) is 186 Å². The number of para-hydroxylation sites is 2. The van der Waals surface area contributed by atoms with E-state index in [1.165, 1.54) is 88.6 Å². The van der Waals surface area contributed by atoms with Crippen LogP contribution in [0.1, 0.15) is 40.7 Å². The average molecular weight is 830 g/mol. The van der Waals surface area contributed by atoms with Crippen molar-refractivity contribution >= 4 is 86.1 Å². The molecule has 0 radical (unpaired) electrons. The third-order valence-corrected chi connectivity index (χ3v) is 13.7. The average Bonchev–Trinajstić information content (AvgIpc) is 3.45. The molecule has 3 aliphatic rings. The molecule has 0 bridgehead atoms. The fraction of sp³-hybridized carbons (Fsp3) is 0.103. The summed E-state index contributed by atoms with van der Waals surface area (Å²) in [5.74, 6) is 0. The second-order valence-corrected chi connectivity index (χ2v) is 18.3. The topological polar surface area (TPSA) is 9.72 Å². The third-order valence-electron chi connectivity index (χ3n) is 12.6. The number of rotatable bonds is 7. The number of hydrogen-bond acceptors (Lipinski definition) is 4. The number of hydrogen-bond donors (Lipinski definition) is 0. The van der Waals surface area contributed by atoms with Crippen molar-refractivity contribution in [2.45, 2.75) is 45.4 Å². The first-order valence-electron chi connectivity index (χ1n) is 22.1. The summed E-state index contributed by atoms with van der Waals surface area (Å²) >= 11 is 1.86. The van der Waals surface area contributed by atoms with E-state index in [-0.39, 0.29) is 6.71 Å². The van der Waals surface area contributed by atoms with E-state index in [2.05, 4.69) is 236 Å². The Labute approximate surface area is 376 Å². The van der Waals surface area contributed by atoms with Crippen molar-refractivity contribution in [1.82, 2.24) is 0 Å². The van der Waals surface area contributed by atoms with E-state index in [0.29, 0.717) is 0 Å². The molecule has 0 unspecified atom stereocenters. The lowest BCUT2D eigenvalue weighted by molar-refractivity contribution is 1.04. The summed E-state index contributed by atoms with van der Waals surface area (Å²) < 4.78 is 2.53. The van der Waals surface area contributed by atoms with Gasteiger partial charge in [0.25, 0.3) is 6.71 Å². The SMILES string of the molecule is Cc1cc(C)cc(N2Sc3cc(N(c4ccccc4)c4ccccc4)cc4c3B(c3ccc(C5=CCCC=C5)cc32)c2ccc(-c3ccccc3)cc2N4c2cc(C)cc(C)c2)c1. The summed E-state index contributed by atoms with van der Waals surface area (Å²) in [4.78, 5) is 6.21. The van der Waals surface area contributed by atoms with Gasteiger partial charge in [0, 0.05) is 44.7 Å². The predicted molar refractivity (Wildman–Crippen MR) is 272 cm³/mol. The van der Waals surface area contributed by atoms with E-state index in [9.17, 15) is 0 Å². The normalized spacial score (nSPS) is 13.8. The fourth-order valence-corrected chi connectivity index (χ4v) is 11.2. The molecule has 2 aliphatic heterocycles. The van der Waals surface area contributed by atoms with Crippen molar-refractivity contribution in [3.63, 3.8) is 0 Å². The highest BCUT2D eigenvalue weighted by atomic mass is 32.2. The minimum atomic E-state index is -0.0451. The van der Waals surface area contributed by atoms with Crippen LogP contribution in [0.2, 0.25) is 0 Å². The van der Waals surface area contributed by atoms with Gasteiger partial charge in [0.05, 0.1) is 5.69 Å². The first-order valence-corrected chi connectivity index (χ1v) is 22.9. The number of anilines is 8. The zero-order valence-corrected chi connectivity index (χ0v) is 37.0. The van der Waals surface area contributed by atoms with Crippen molar-refractivity contribution in [3.8, 4) is 11.1 Å². The maximum absolute atomic E-state index is 2.56. The second-order valence-electron chi connectivity index (χ2n) is 17.3. The summed E-state index contributed by atoms with van der Waals surface area (Å²) in [5, 5.41) is 0. The Balaban J connectivity index is 1.26. The molecule has 8 aromatic rings. The van der Waals surface area contributed by atoms with Crippen molar-refractivity contribution < 1.29 is 0 Å². The summed E-state index contributed by atoms with van der Waals surface area (Å²) in [5.41, 5.74) is 23.1. The van der Waals surface area contributed by atoms with E-state index in [4.69, 9.17) is 0 Å². The number of benzene rings is 8. The molecule has 0 saturated carbocycles. The van der Waals surface area contributed by atoms with Crippen molar-refractivity contribution in [2.75, 3.05) is 14.1 Å². The van der Waals surface area contributed by atoms with Gasteiger partial charge in [-0.2, -0.15) is 0 Å². The van der Waals surface area contributed by atoms with Gasteiger partial charge in [0.1, 0.15) is 0 Å². The van der Waals surface area contributed by atoms with Gasteiger partial charge in [0.2, 0.25) is 0 Å². The molecular weight excluding hydrogens is 782 g/mol. The zero-order chi connectivity index (χ0) is 42.6. The molecule has 0 amide bonds. The summed E-state index contributed by atoms with van der Waals surface area (Å²) in [6.45, 7) is 8.83. The molecule has 3 nitrogen and oxygen atoms in total. The Morgan fingerprint density at radius 2 is 1.05 bits per heavy atom. The molecule has 0 spiro atoms. The lowest BCUT2D eigenvalue weighted by Gasteiger charge is -2.39. The highest BCUT2D eigenvalue weighted by Crippen LogP contribution is 2.48. The Hall–Kier alpha value is -6.95. The van der Waals surface area contributed by atoms with Crippen LogP contribution in [-0.2, 0) is 0 Å². The molecule has 0 aromatic heterocycles. The van der Waals surface area contributed by atoms with E-state index in [1.54, 1.807) is 0 Å². The smallest absolute Gasteiger partial charge is 0.250 e. The van der Waals surface area contributed by atoms with Crippen molar-refractivity contribution in [3.05, 3.63) is 222 Å². The maximum Gasteiger partial charge on any atom is 0.250 e. The van der Waals surface area contributed by atoms with E-state index in [0.717, 1.165) is 35.6 Å². The Bertz CT molecular complexity index is 3020. The molecule has 2 heterocycles. The first kappa shape index (κ1) is 38.9. The van der Waals surface area contributed by atoms with Gasteiger partial charge in [-0.15, -0.1) is 0 Å². The van der Waals surface area contributed by atoms with Crippen molar-refractivity contribution in [2.24, 2.45) is 0 Å². The standard InChI is InChI=1S/C58H48BN3S/c1-39-29-40(2)32-49(31-39)61-54-35-45(43-17-9-5-10-18-43)25-27-52(54)59-53-28-26-46(44-19-11-6-12-20-44)36-55(53)62(51-33-41(3)30-42(4)34-51)63-57-38-50(37-56(61)58(57)59)60(47-21-13-7-14-22-47)48-23-15-8-16-24-48/h5,7-11,13-38H,6,12H2,1-4H3. The first-order chi connectivity index (χ1) is 30.9. The minimum Gasteiger partial charge on any atom is -0.311 e. The second kappa shape index (κ2) is 16.1. The third kappa shape index (κ3) is 7.17. The van der Waals surface area contributed by atoms with Gasteiger partial charge in [-0.3, -0.25) is 4.31 Å². The van der Waals surface area contributed by atoms with Crippen LogP contribution in [0.4, 0.5) is 45.5 Å². The largest absolute Gasteiger partial charge is 0.311 e. The fourth-order valence-electron chi connectivity index (χ4n) is 10.0. The number of allylic oxidation sites excluding steroid dienone is 4. The van der Waals surface area contributed by atoms with Crippen LogP contribution in [0, 0.1) is 27.7 Å². The van der Waals surface area contributed by atoms with Gasteiger partial charge >= 0.3 is 0 Å². The Morgan fingerprint density at radius 3 is 1.67 bits per heavy atom. The highest BCUT2D eigenvalue weighted by Gasteiger charge is 2.42. The predicted octanol–water partition coefficient (Wildman–Crippen LogP) is 14.2. The summed E-state index contributed by atoms with van der Waals surface area (Å²) in [6, 6.07) is 65.8. The molecule has 1 aliphatic carbocycles. The van der Waals surface area contributed by atoms with Crippen LogP contribution in [0.3, 0.4) is 0 Å². The summed E-state index contributed by atoms with van der Waals surface area (Å²) in [7, 11) is 0. The molecule has 63 heavy (non-hydrogen) atoms. The Morgan fingerprint density at radius 1 is 0.476 bits per heavy atom. The molecule has 5 heteroatoms. The molecule has 304 valence electrons. The van der Waals surface area contributed by atoms with Gasteiger partial charge in [-0.25, -0.2) is 0 Å². The highest BCUT2D eigenvalue weighted by molar-refractivity contribution is 8.01. The number of aryl methyl sites for hydroxylation is 4. The molecule has 11 rings (SSSR count). The van der Waals surface area contributed by atoms with E-state index >= 15 is 0 Å². The maximum atomic E-state index is 2.56. The zero-order valence-electron chi connectivity index (χ0n) is 36.2. The summed E-state index contributed by atoms with van der Waals surface area (Å²) in [6.07, 6.45) is 9.17. The lowest BCUT2D eigenvalue weighted by Crippen LogP contribution is -2.57.